The van der Waals surface area contributed by atoms with Gasteiger partial charge in [0, 0.05) is 13.6 Å². The molecule has 0 aliphatic heterocycles. The van der Waals surface area contributed by atoms with Gasteiger partial charge in [-0.2, -0.15) is 0 Å². The number of hydrogen-bond donors (Lipinski definition) is 2. The average Bonchev–Trinajstić information content (AvgIpc) is 2.92. The lowest BCUT2D eigenvalue weighted by Gasteiger charge is -2.18. The quantitative estimate of drug-likeness (QED) is 0.464. The summed E-state index contributed by atoms with van der Waals surface area (Å²) < 4.78 is 14.3. The molecule has 0 aliphatic carbocycles. The van der Waals surface area contributed by atoms with Crippen molar-refractivity contribution in [1.29, 1.82) is 0 Å². The molecule has 1 aromatic carbocycles. The van der Waals surface area contributed by atoms with Crippen LogP contribution in [-0.4, -0.2) is 33.9 Å². The van der Waals surface area contributed by atoms with Crippen LogP contribution in [0.3, 0.4) is 0 Å². The molecule has 0 saturated heterocycles. The SMILES string of the molecule is Cc1nnc(CN=C(NCCCF)NC(C)c2ccccc2)n1C. The normalized spacial score (nSPS) is 12.9. The van der Waals surface area contributed by atoms with Gasteiger partial charge in [0.2, 0.25) is 0 Å². The topological polar surface area (TPSA) is 67.1 Å². The van der Waals surface area contributed by atoms with Crippen LogP contribution < -0.4 is 10.6 Å². The summed E-state index contributed by atoms with van der Waals surface area (Å²) in [7, 11) is 1.91. The molecule has 0 spiro atoms. The Balaban J connectivity index is 2.05. The van der Waals surface area contributed by atoms with E-state index in [-0.39, 0.29) is 12.7 Å². The first-order valence-corrected chi connectivity index (χ1v) is 8.12. The van der Waals surface area contributed by atoms with Crippen LogP contribution in [0, 0.1) is 6.92 Å². The molecular weight excluding hydrogens is 307 g/mol. The Morgan fingerprint density at radius 3 is 2.67 bits per heavy atom. The Morgan fingerprint density at radius 1 is 1.29 bits per heavy atom. The third kappa shape index (κ3) is 5.04. The molecular formula is C17H25FN6. The van der Waals surface area contributed by atoms with Crippen LogP contribution in [0.25, 0.3) is 0 Å². The number of nitrogens with zero attached hydrogens (tertiary/aromatic N) is 4. The molecule has 0 bridgehead atoms. The highest BCUT2D eigenvalue weighted by molar-refractivity contribution is 5.80. The van der Waals surface area contributed by atoms with E-state index in [4.69, 9.17) is 0 Å². The van der Waals surface area contributed by atoms with E-state index in [0.29, 0.717) is 25.5 Å². The summed E-state index contributed by atoms with van der Waals surface area (Å²) in [5, 5.41) is 14.6. The van der Waals surface area contributed by atoms with Gasteiger partial charge >= 0.3 is 0 Å². The predicted molar refractivity (Wildman–Crippen MR) is 93.5 cm³/mol. The lowest BCUT2D eigenvalue weighted by Crippen LogP contribution is -2.39. The summed E-state index contributed by atoms with van der Waals surface area (Å²) in [5.41, 5.74) is 1.16. The molecule has 1 atom stereocenters. The highest BCUT2D eigenvalue weighted by Gasteiger charge is 2.09. The van der Waals surface area contributed by atoms with Crippen molar-refractivity contribution < 1.29 is 4.39 Å². The summed E-state index contributed by atoms with van der Waals surface area (Å²) in [4.78, 5) is 4.55. The van der Waals surface area contributed by atoms with Crippen LogP contribution in [0.5, 0.6) is 0 Å². The third-order valence-electron chi connectivity index (χ3n) is 3.82. The van der Waals surface area contributed by atoms with Crippen molar-refractivity contribution in [2.45, 2.75) is 32.9 Å². The number of halogens is 1. The first-order valence-electron chi connectivity index (χ1n) is 8.12. The minimum atomic E-state index is -0.350. The number of aromatic nitrogens is 3. The summed E-state index contributed by atoms with van der Waals surface area (Å²) >= 11 is 0. The maximum Gasteiger partial charge on any atom is 0.192 e. The van der Waals surface area contributed by atoms with Gasteiger partial charge in [-0.25, -0.2) is 4.99 Å². The van der Waals surface area contributed by atoms with Gasteiger partial charge < -0.3 is 15.2 Å². The fourth-order valence-electron chi connectivity index (χ4n) is 2.19. The van der Waals surface area contributed by atoms with Crippen molar-refractivity contribution in [1.82, 2.24) is 25.4 Å². The third-order valence-corrected chi connectivity index (χ3v) is 3.82. The number of nitrogens with one attached hydrogen (secondary N) is 2. The van der Waals surface area contributed by atoms with Crippen LogP contribution in [0.4, 0.5) is 4.39 Å². The molecule has 6 nitrogen and oxygen atoms in total. The fourth-order valence-corrected chi connectivity index (χ4v) is 2.19. The number of alkyl halides is 1. The second-order valence-electron chi connectivity index (χ2n) is 5.63. The lowest BCUT2D eigenvalue weighted by atomic mass is 10.1. The fraction of sp³-hybridized carbons (Fsp3) is 0.471. The van der Waals surface area contributed by atoms with E-state index in [9.17, 15) is 4.39 Å². The van der Waals surface area contributed by atoms with E-state index < -0.39 is 0 Å². The molecule has 1 unspecified atom stereocenters. The zero-order valence-corrected chi connectivity index (χ0v) is 14.5. The van der Waals surface area contributed by atoms with Gasteiger partial charge in [-0.1, -0.05) is 30.3 Å². The Hall–Kier alpha value is -2.44. The standard InChI is InChI=1S/C17H25FN6/c1-13(15-8-5-4-6-9-15)21-17(19-11-7-10-18)20-12-16-23-22-14(2)24(16)3/h4-6,8-9,13H,7,10-12H2,1-3H3,(H2,19,20,21). The van der Waals surface area contributed by atoms with Crippen LogP contribution in [0.15, 0.2) is 35.3 Å². The zero-order valence-electron chi connectivity index (χ0n) is 14.5. The molecule has 0 saturated carbocycles. The molecule has 2 aromatic rings. The van der Waals surface area contributed by atoms with Gasteiger partial charge in [0.05, 0.1) is 12.7 Å². The Morgan fingerprint density at radius 2 is 2.04 bits per heavy atom. The number of aryl methyl sites for hydroxylation is 1. The van der Waals surface area contributed by atoms with E-state index in [1.807, 2.05) is 36.7 Å². The molecule has 0 aliphatic rings. The lowest BCUT2D eigenvalue weighted by molar-refractivity contribution is 0.470. The Kier molecular flexibility index (Phi) is 6.72. The Bertz CT molecular complexity index is 652. The summed E-state index contributed by atoms with van der Waals surface area (Å²) in [5.74, 6) is 2.27. The molecule has 24 heavy (non-hydrogen) atoms. The molecule has 0 amide bonds. The molecule has 0 radical (unpaired) electrons. The van der Waals surface area contributed by atoms with Crippen molar-refractivity contribution in [3.05, 3.63) is 47.5 Å². The van der Waals surface area contributed by atoms with Crippen LogP contribution in [0.1, 0.15) is 36.6 Å². The van der Waals surface area contributed by atoms with E-state index in [1.54, 1.807) is 0 Å². The van der Waals surface area contributed by atoms with Crippen LogP contribution in [-0.2, 0) is 13.6 Å². The van der Waals surface area contributed by atoms with Crippen LogP contribution >= 0.6 is 0 Å². The first kappa shape index (κ1) is 17.9. The number of guanidine groups is 1. The number of aliphatic imine (C=N–C) groups is 1. The van der Waals surface area contributed by atoms with Crippen molar-refractivity contribution in [3.63, 3.8) is 0 Å². The molecule has 1 heterocycles. The molecule has 0 fully saturated rings. The Labute approximate surface area is 142 Å². The predicted octanol–water partition coefficient (Wildman–Crippen LogP) is 2.28. The summed E-state index contributed by atoms with van der Waals surface area (Å²) in [6, 6.07) is 10.2. The van der Waals surface area contributed by atoms with E-state index in [0.717, 1.165) is 17.2 Å². The number of rotatable bonds is 7. The van der Waals surface area contributed by atoms with Crippen molar-refractivity contribution in [3.8, 4) is 0 Å². The van der Waals surface area contributed by atoms with Crippen molar-refractivity contribution in [2.75, 3.05) is 13.2 Å². The van der Waals surface area contributed by atoms with Gasteiger partial charge in [-0.3, -0.25) is 4.39 Å². The van der Waals surface area contributed by atoms with Crippen LogP contribution in [0.2, 0.25) is 0 Å². The minimum absolute atomic E-state index is 0.0871. The van der Waals surface area contributed by atoms with E-state index >= 15 is 0 Å². The van der Waals surface area contributed by atoms with Gasteiger partial charge in [-0.15, -0.1) is 10.2 Å². The van der Waals surface area contributed by atoms with E-state index in [1.165, 1.54) is 0 Å². The first-order chi connectivity index (χ1) is 11.6. The monoisotopic (exact) mass is 332 g/mol. The molecule has 2 N–H and O–H groups in total. The van der Waals surface area contributed by atoms with Gasteiger partial charge in [0.25, 0.3) is 0 Å². The van der Waals surface area contributed by atoms with Crippen molar-refractivity contribution in [2.24, 2.45) is 12.0 Å². The minimum Gasteiger partial charge on any atom is -0.356 e. The van der Waals surface area contributed by atoms with Crippen molar-refractivity contribution >= 4 is 5.96 Å². The summed E-state index contributed by atoms with van der Waals surface area (Å²) in [6.45, 7) is 4.55. The number of hydrogen-bond acceptors (Lipinski definition) is 3. The highest BCUT2D eigenvalue weighted by Crippen LogP contribution is 2.11. The second kappa shape index (κ2) is 9.00. The molecule has 1 aromatic heterocycles. The van der Waals surface area contributed by atoms with Gasteiger partial charge in [0.15, 0.2) is 11.8 Å². The maximum absolute atomic E-state index is 12.4. The van der Waals surface area contributed by atoms with E-state index in [2.05, 4.69) is 44.9 Å². The second-order valence-corrected chi connectivity index (χ2v) is 5.63. The zero-order chi connectivity index (χ0) is 17.4. The van der Waals surface area contributed by atoms with Gasteiger partial charge in [0.1, 0.15) is 12.4 Å². The smallest absolute Gasteiger partial charge is 0.192 e. The highest BCUT2D eigenvalue weighted by atomic mass is 19.1. The maximum atomic E-state index is 12.4. The molecule has 7 heteroatoms. The average molecular weight is 332 g/mol. The summed E-state index contributed by atoms with van der Waals surface area (Å²) in [6.07, 6.45) is 0.448. The van der Waals surface area contributed by atoms with Gasteiger partial charge in [-0.05, 0) is 25.8 Å². The molecule has 130 valence electrons. The molecule has 2 rings (SSSR count). The number of benzene rings is 1. The largest absolute Gasteiger partial charge is 0.356 e.